The van der Waals surface area contributed by atoms with Gasteiger partial charge in [-0.05, 0) is 25.7 Å². The molecule has 0 heterocycles. The minimum atomic E-state index is -5.03. The molecule has 22 nitrogen and oxygen atoms in total. The van der Waals surface area contributed by atoms with Crippen molar-refractivity contribution in [2.45, 2.75) is 403 Å². The summed E-state index contributed by atoms with van der Waals surface area (Å²) in [4.78, 5) is 98.9. The van der Waals surface area contributed by atoms with Crippen LogP contribution >= 0.6 is 15.6 Å². The van der Waals surface area contributed by atoms with Gasteiger partial charge in [-0.25, -0.2) is 0 Å². The van der Waals surface area contributed by atoms with Gasteiger partial charge in [-0.1, -0.05) is 327 Å². The molecule has 0 fully saturated rings. The Bertz CT molecular complexity index is 2060. The number of unbranched alkanes of at least 4 members (excludes halogenated alkanes) is 40. The fourth-order valence-corrected chi connectivity index (χ4v) is 12.1. The third-order valence-corrected chi connectivity index (χ3v) is 18.8. The first kappa shape index (κ1) is 114. The molecule has 0 rings (SSSR count). The number of rotatable bonds is 72. The van der Waals surface area contributed by atoms with Crippen LogP contribution in [0.1, 0.15) is 378 Å². The van der Waals surface area contributed by atoms with Crippen LogP contribution in [-0.2, 0) is 84.4 Å². The fourth-order valence-electron chi connectivity index (χ4n) is 10.6. The van der Waals surface area contributed by atoms with Crippen LogP contribution in [0.5, 0.6) is 0 Å². The van der Waals surface area contributed by atoms with Crippen LogP contribution in [0.2, 0.25) is 0 Å². The van der Waals surface area contributed by atoms with Gasteiger partial charge in [-0.3, -0.25) is 37.9 Å². The number of aliphatic hydroxyl groups is 2. The number of phosphoric acid groups is 2. The number of phosphoric ester groups is 2. The Morgan fingerprint density at radius 1 is 0.308 bits per heavy atom. The molecule has 4 unspecified atom stereocenters. The van der Waals surface area contributed by atoms with E-state index in [1.54, 1.807) is 27.7 Å². The molecule has 0 saturated carbocycles. The van der Waals surface area contributed by atoms with E-state index < -0.39 is 127 Å². The zero-order valence-corrected chi connectivity index (χ0v) is 71.8. The van der Waals surface area contributed by atoms with Crippen LogP contribution in [0.15, 0.2) is 0 Å². The molecule has 104 heavy (non-hydrogen) atoms. The normalized spacial score (nSPS) is 13.4. The summed E-state index contributed by atoms with van der Waals surface area (Å²) >= 11 is 0. The first-order valence-electron chi connectivity index (χ1n) is 39.6. The zero-order valence-electron chi connectivity index (χ0n) is 66.0. The Morgan fingerprint density at radius 3 is 0.760 bits per heavy atom. The van der Waals surface area contributed by atoms with E-state index in [1.165, 1.54) is 180 Å². The van der Waals surface area contributed by atoms with Crippen LogP contribution in [0, 0.1) is 11.8 Å². The topological polar surface area (TPSA) is 315 Å². The molecular formula is C78H152Na2O22P2. The standard InChI is InChI=1S/C42H79O12P.C34H67O10P.2CH4.2Na/c1-7-9-11-13-15-17-19-21-23-25-27-29-39(43)49-31-37(53-40(44)30-28-26-24-22-20-18-16-14-12-10-8-2)33-51-55(47,48)52-34-38(54-42(46)36(5)6)32-50-41(45)35(3)4;1-3-5-7-9-11-13-15-17-19-21-23-25-33(37)41-29-32(30-43-45(39,40)42-28-31(36)27-35)44-34(38)26-24-22-20-18-16-14-12-10-8-6-4-2;;;;/h35-38H,7-34H2,1-6H3,(H,47,48);31-32,35-36H,3-30H2,1-2H3,(H,39,40);2*1H4;;/q;;;;2*+1/p-2/t37-,38?;31?,32-;;;;/m11..../s1. The van der Waals surface area contributed by atoms with E-state index in [0.717, 1.165) is 77.0 Å². The average molecular weight is 1550 g/mol. The summed E-state index contributed by atoms with van der Waals surface area (Å²) in [6.07, 6.45) is 46.4. The molecule has 0 radical (unpaired) electrons. The van der Waals surface area contributed by atoms with Gasteiger partial charge in [-0.15, -0.1) is 0 Å². The first-order chi connectivity index (χ1) is 48.0. The molecule has 26 heteroatoms. The van der Waals surface area contributed by atoms with Gasteiger partial charge in [0.05, 0.1) is 44.9 Å². The summed E-state index contributed by atoms with van der Waals surface area (Å²) in [5.74, 6) is -4.10. The summed E-state index contributed by atoms with van der Waals surface area (Å²) < 4.78 is 76.1. The van der Waals surface area contributed by atoms with E-state index >= 15 is 0 Å². The zero-order chi connectivity index (χ0) is 74.6. The Kier molecular flexibility index (Phi) is 89.2. The van der Waals surface area contributed by atoms with Crippen molar-refractivity contribution in [1.82, 2.24) is 0 Å². The fraction of sp³-hybridized carbons (Fsp3) is 0.923. The summed E-state index contributed by atoms with van der Waals surface area (Å²) in [6, 6.07) is 0. The molecule has 0 spiro atoms. The van der Waals surface area contributed by atoms with Crippen molar-refractivity contribution in [2.75, 3.05) is 52.9 Å². The van der Waals surface area contributed by atoms with Crippen LogP contribution in [0.25, 0.3) is 0 Å². The van der Waals surface area contributed by atoms with Gasteiger partial charge < -0.3 is 66.5 Å². The minimum Gasteiger partial charge on any atom is -0.756 e. The van der Waals surface area contributed by atoms with Crippen molar-refractivity contribution in [2.24, 2.45) is 11.8 Å². The number of ether oxygens (including phenoxy) is 6. The van der Waals surface area contributed by atoms with Crippen molar-refractivity contribution in [1.29, 1.82) is 0 Å². The number of esters is 6. The summed E-state index contributed by atoms with van der Waals surface area (Å²) in [5.41, 5.74) is 0. The maximum absolute atomic E-state index is 12.7. The number of hydrogen-bond donors (Lipinski definition) is 2. The molecule has 0 aliphatic rings. The molecule has 0 aromatic carbocycles. The molecule has 0 aliphatic heterocycles. The first-order valence-corrected chi connectivity index (χ1v) is 42.5. The quantitative estimate of drug-likeness (QED) is 0.0188. The Hall–Kier alpha value is -1.04. The van der Waals surface area contributed by atoms with E-state index in [9.17, 15) is 52.8 Å². The Balaban J connectivity index is -0.000000453. The summed E-state index contributed by atoms with van der Waals surface area (Å²) in [7, 11) is -9.87. The number of aliphatic hydroxyl groups excluding tert-OH is 2. The second-order valence-corrected chi connectivity index (χ2v) is 30.5. The van der Waals surface area contributed by atoms with Gasteiger partial charge in [0, 0.05) is 25.7 Å². The van der Waals surface area contributed by atoms with Crippen LogP contribution in [-0.4, -0.2) is 123 Å². The monoisotopic (exact) mass is 1550 g/mol. The second kappa shape index (κ2) is 81.4. The van der Waals surface area contributed by atoms with E-state index in [-0.39, 0.29) is 113 Å². The van der Waals surface area contributed by atoms with Crippen molar-refractivity contribution in [3.63, 3.8) is 0 Å². The second-order valence-electron chi connectivity index (χ2n) is 27.6. The predicted octanol–water partition coefficient (Wildman–Crippen LogP) is 13.1. The predicted molar refractivity (Wildman–Crippen MR) is 402 cm³/mol. The van der Waals surface area contributed by atoms with Gasteiger partial charge in [0.25, 0.3) is 15.6 Å². The molecule has 608 valence electrons. The van der Waals surface area contributed by atoms with Crippen molar-refractivity contribution < 1.29 is 164 Å². The van der Waals surface area contributed by atoms with E-state index in [1.807, 2.05) is 0 Å². The van der Waals surface area contributed by atoms with Crippen LogP contribution in [0.3, 0.4) is 0 Å². The molecule has 0 saturated heterocycles. The van der Waals surface area contributed by atoms with E-state index in [0.29, 0.717) is 25.7 Å². The smallest absolute Gasteiger partial charge is 0.756 e. The van der Waals surface area contributed by atoms with Crippen LogP contribution < -0.4 is 68.9 Å². The number of carbonyl (C=O) groups is 6. The Labute approximate surface area is 677 Å². The summed E-state index contributed by atoms with van der Waals surface area (Å²) in [6.45, 7) is 11.0. The number of carbonyl (C=O) groups excluding carboxylic acids is 6. The molecule has 0 aromatic heterocycles. The molecule has 6 atom stereocenters. The van der Waals surface area contributed by atoms with E-state index in [4.69, 9.17) is 47.1 Å². The van der Waals surface area contributed by atoms with Crippen LogP contribution in [0.4, 0.5) is 0 Å². The third kappa shape index (κ3) is 80.5. The largest absolute Gasteiger partial charge is 1.00 e. The van der Waals surface area contributed by atoms with E-state index in [2.05, 4.69) is 32.2 Å². The maximum atomic E-state index is 12.7. The van der Waals surface area contributed by atoms with Gasteiger partial charge in [0.2, 0.25) is 0 Å². The van der Waals surface area contributed by atoms with Gasteiger partial charge in [0.15, 0.2) is 18.3 Å². The molecule has 0 bridgehead atoms. The van der Waals surface area contributed by atoms with Crippen molar-refractivity contribution in [3.8, 4) is 0 Å². The summed E-state index contributed by atoms with van der Waals surface area (Å²) in [5, 5.41) is 18.2. The molecule has 0 aliphatic carbocycles. The average Bonchev–Trinajstić information content (AvgIpc) is 0.904. The minimum absolute atomic E-state index is 0. The van der Waals surface area contributed by atoms with Crippen molar-refractivity contribution >= 4 is 51.5 Å². The van der Waals surface area contributed by atoms with Gasteiger partial charge >= 0.3 is 94.9 Å². The molecule has 0 amide bonds. The van der Waals surface area contributed by atoms with Gasteiger partial charge in [-0.2, -0.15) is 0 Å². The van der Waals surface area contributed by atoms with Gasteiger partial charge in [0.1, 0.15) is 25.9 Å². The third-order valence-electron chi connectivity index (χ3n) is 16.9. The SMILES string of the molecule is C.C.CCCCCCCCCCCCCC(=O)OC[C@H](COP(=O)([O-])OCC(COC(=O)C(C)C)OC(=O)C(C)C)OC(=O)CCCCCCCCCCCCC.CCCCCCCCCCCCCC(=O)OC[C@H](COP(=O)([O-])OCC(O)CO)OC(=O)CCCCCCCCCCCCC.[Na+].[Na+]. The number of hydrogen-bond acceptors (Lipinski definition) is 22. The molecular weight excluding hydrogens is 1400 g/mol. The Morgan fingerprint density at radius 2 is 0.519 bits per heavy atom. The molecule has 2 N–H and O–H groups in total. The maximum Gasteiger partial charge on any atom is 1.00 e. The molecule has 0 aromatic rings. The van der Waals surface area contributed by atoms with Crippen molar-refractivity contribution in [3.05, 3.63) is 0 Å².